The van der Waals surface area contributed by atoms with E-state index in [1.165, 1.54) is 32.4 Å². The number of carbonyl (C=O) groups is 3. The lowest BCUT2D eigenvalue weighted by Crippen LogP contribution is -2.54. The molecule has 2 fully saturated rings. The summed E-state index contributed by atoms with van der Waals surface area (Å²) in [5, 5.41) is 2.79. The fraction of sp³-hybridized carbons (Fsp3) is 0.550. The van der Waals surface area contributed by atoms with Gasteiger partial charge in [0.25, 0.3) is 0 Å². The standard InChI is InChI=1S/C20H26N2O6/c1-26-19(24)13-9-14(20(25)27-2)11-15(10-13)21-18(23)12-22-7-8-28-17-6-4-3-5-16(17)22/h9-11,16-17H,3-8,12H2,1-2H3,(H,21,23). The quantitative estimate of drug-likeness (QED) is 0.767. The van der Waals surface area contributed by atoms with Crippen LogP contribution in [-0.4, -0.2) is 68.8 Å². The van der Waals surface area contributed by atoms with Crippen LogP contribution in [0.15, 0.2) is 18.2 Å². The average molecular weight is 390 g/mol. The second-order valence-corrected chi connectivity index (χ2v) is 7.06. The van der Waals surface area contributed by atoms with Crippen molar-refractivity contribution in [2.75, 3.05) is 39.2 Å². The zero-order chi connectivity index (χ0) is 20.1. The molecule has 1 aliphatic carbocycles. The SMILES string of the molecule is COC(=O)c1cc(NC(=O)CN2CCOC3CCCCC32)cc(C(=O)OC)c1. The van der Waals surface area contributed by atoms with Crippen molar-refractivity contribution in [2.24, 2.45) is 0 Å². The molecule has 0 radical (unpaired) electrons. The number of morpholine rings is 1. The van der Waals surface area contributed by atoms with Gasteiger partial charge in [-0.25, -0.2) is 9.59 Å². The Bertz CT molecular complexity index is 714. The summed E-state index contributed by atoms with van der Waals surface area (Å²) in [4.78, 5) is 38.6. The maximum Gasteiger partial charge on any atom is 0.337 e. The van der Waals surface area contributed by atoms with Crippen molar-refractivity contribution < 1.29 is 28.6 Å². The largest absolute Gasteiger partial charge is 0.465 e. The summed E-state index contributed by atoms with van der Waals surface area (Å²) in [6, 6.07) is 4.61. The Labute approximate surface area is 164 Å². The van der Waals surface area contributed by atoms with Crippen LogP contribution in [0.1, 0.15) is 46.4 Å². The molecule has 8 nitrogen and oxygen atoms in total. The van der Waals surface area contributed by atoms with Crippen molar-refractivity contribution in [3.05, 3.63) is 29.3 Å². The Balaban J connectivity index is 1.72. The van der Waals surface area contributed by atoms with Gasteiger partial charge in [-0.1, -0.05) is 12.8 Å². The van der Waals surface area contributed by atoms with Crippen molar-refractivity contribution in [1.29, 1.82) is 0 Å². The third kappa shape index (κ3) is 4.69. The molecule has 152 valence electrons. The first kappa shape index (κ1) is 20.3. The molecule has 1 aromatic carbocycles. The van der Waals surface area contributed by atoms with Crippen LogP contribution in [0.3, 0.4) is 0 Å². The second-order valence-electron chi connectivity index (χ2n) is 7.06. The Morgan fingerprint density at radius 1 is 1.07 bits per heavy atom. The van der Waals surface area contributed by atoms with E-state index in [-0.39, 0.29) is 35.7 Å². The molecular formula is C20H26N2O6. The number of rotatable bonds is 5. The molecule has 2 unspecified atom stereocenters. The van der Waals surface area contributed by atoms with Crippen molar-refractivity contribution in [3.8, 4) is 0 Å². The van der Waals surface area contributed by atoms with E-state index in [0.29, 0.717) is 18.8 Å². The first-order valence-electron chi connectivity index (χ1n) is 9.49. The second kappa shape index (κ2) is 9.16. The van der Waals surface area contributed by atoms with Gasteiger partial charge in [-0.05, 0) is 31.0 Å². The van der Waals surface area contributed by atoms with Crippen LogP contribution >= 0.6 is 0 Å². The third-order valence-corrected chi connectivity index (χ3v) is 5.25. The average Bonchev–Trinajstić information content (AvgIpc) is 2.72. The summed E-state index contributed by atoms with van der Waals surface area (Å²) >= 11 is 0. The van der Waals surface area contributed by atoms with Crippen molar-refractivity contribution in [1.82, 2.24) is 4.90 Å². The van der Waals surface area contributed by atoms with Gasteiger partial charge in [0.1, 0.15) is 0 Å². The molecule has 1 saturated carbocycles. The monoisotopic (exact) mass is 390 g/mol. The number of hydrogen-bond donors (Lipinski definition) is 1. The van der Waals surface area contributed by atoms with Gasteiger partial charge in [-0.3, -0.25) is 9.69 Å². The van der Waals surface area contributed by atoms with Crippen LogP contribution in [0.5, 0.6) is 0 Å². The predicted octanol–water partition coefficient (Wildman–Crippen LogP) is 1.84. The Morgan fingerprint density at radius 3 is 2.36 bits per heavy atom. The number of anilines is 1. The van der Waals surface area contributed by atoms with Crippen LogP contribution in [0.4, 0.5) is 5.69 Å². The number of amides is 1. The highest BCUT2D eigenvalue weighted by Crippen LogP contribution is 2.28. The lowest BCUT2D eigenvalue weighted by atomic mass is 9.90. The van der Waals surface area contributed by atoms with E-state index in [4.69, 9.17) is 14.2 Å². The van der Waals surface area contributed by atoms with Crippen LogP contribution in [0.2, 0.25) is 0 Å². The Hall–Kier alpha value is -2.45. The number of nitrogens with zero attached hydrogens (tertiary/aromatic N) is 1. The van der Waals surface area contributed by atoms with Gasteiger partial charge in [-0.15, -0.1) is 0 Å². The molecule has 3 rings (SSSR count). The van der Waals surface area contributed by atoms with Gasteiger partial charge in [0.2, 0.25) is 5.91 Å². The van der Waals surface area contributed by atoms with E-state index in [1.807, 2.05) is 0 Å². The van der Waals surface area contributed by atoms with Gasteiger partial charge < -0.3 is 19.5 Å². The first-order valence-corrected chi connectivity index (χ1v) is 9.49. The molecule has 0 aromatic heterocycles. The van der Waals surface area contributed by atoms with E-state index in [9.17, 15) is 14.4 Å². The molecule has 2 atom stereocenters. The number of esters is 2. The molecule has 1 N–H and O–H groups in total. The lowest BCUT2D eigenvalue weighted by molar-refractivity contribution is -0.124. The summed E-state index contributed by atoms with van der Waals surface area (Å²) in [6.07, 6.45) is 4.57. The Morgan fingerprint density at radius 2 is 1.71 bits per heavy atom. The summed E-state index contributed by atoms with van der Waals surface area (Å²) in [6.45, 7) is 1.57. The smallest absolute Gasteiger partial charge is 0.337 e. The topological polar surface area (TPSA) is 94.2 Å². The first-order chi connectivity index (χ1) is 13.5. The number of ether oxygens (including phenoxy) is 3. The van der Waals surface area contributed by atoms with Crippen molar-refractivity contribution in [3.63, 3.8) is 0 Å². The van der Waals surface area contributed by atoms with Crippen LogP contribution < -0.4 is 5.32 Å². The van der Waals surface area contributed by atoms with Gasteiger partial charge in [0, 0.05) is 18.3 Å². The molecule has 1 aliphatic heterocycles. The van der Waals surface area contributed by atoms with E-state index >= 15 is 0 Å². The number of carbonyl (C=O) groups excluding carboxylic acids is 3. The zero-order valence-corrected chi connectivity index (χ0v) is 16.2. The summed E-state index contributed by atoms with van der Waals surface area (Å²) < 4.78 is 15.3. The normalized spacial score (nSPS) is 22.1. The molecule has 8 heteroatoms. The fourth-order valence-electron chi connectivity index (χ4n) is 3.93. The Kier molecular flexibility index (Phi) is 6.64. The highest BCUT2D eigenvalue weighted by atomic mass is 16.5. The number of hydrogen-bond acceptors (Lipinski definition) is 7. The van der Waals surface area contributed by atoms with E-state index in [2.05, 4.69) is 10.2 Å². The van der Waals surface area contributed by atoms with Crippen LogP contribution in [0.25, 0.3) is 0 Å². The number of benzene rings is 1. The minimum Gasteiger partial charge on any atom is -0.465 e. The van der Waals surface area contributed by atoms with E-state index in [1.54, 1.807) is 0 Å². The van der Waals surface area contributed by atoms with Gasteiger partial charge in [0.05, 0.1) is 44.6 Å². The van der Waals surface area contributed by atoms with Crippen molar-refractivity contribution in [2.45, 2.75) is 37.8 Å². The molecule has 1 aromatic rings. The number of nitrogens with one attached hydrogen (secondary N) is 1. The molecular weight excluding hydrogens is 364 g/mol. The highest BCUT2D eigenvalue weighted by molar-refractivity contribution is 5.99. The maximum atomic E-state index is 12.6. The molecule has 2 aliphatic rings. The van der Waals surface area contributed by atoms with E-state index < -0.39 is 11.9 Å². The maximum absolute atomic E-state index is 12.6. The molecule has 0 bridgehead atoms. The zero-order valence-electron chi connectivity index (χ0n) is 16.2. The minimum absolute atomic E-state index is 0.166. The molecule has 0 spiro atoms. The van der Waals surface area contributed by atoms with Crippen LogP contribution in [0, 0.1) is 0 Å². The minimum atomic E-state index is -0.598. The fourth-order valence-corrected chi connectivity index (χ4v) is 3.93. The number of methoxy groups -OCH3 is 2. The lowest BCUT2D eigenvalue weighted by Gasteiger charge is -2.43. The van der Waals surface area contributed by atoms with Gasteiger partial charge >= 0.3 is 11.9 Å². The molecule has 1 heterocycles. The van der Waals surface area contributed by atoms with E-state index in [0.717, 1.165) is 25.7 Å². The van der Waals surface area contributed by atoms with Gasteiger partial charge in [-0.2, -0.15) is 0 Å². The summed E-state index contributed by atoms with van der Waals surface area (Å²) in [7, 11) is 2.51. The molecule has 1 saturated heterocycles. The highest BCUT2D eigenvalue weighted by Gasteiger charge is 2.34. The predicted molar refractivity (Wildman–Crippen MR) is 101 cm³/mol. The third-order valence-electron chi connectivity index (χ3n) is 5.25. The summed E-state index contributed by atoms with van der Waals surface area (Å²) in [5.74, 6) is -1.40. The van der Waals surface area contributed by atoms with Crippen LogP contribution in [-0.2, 0) is 19.0 Å². The molecule has 28 heavy (non-hydrogen) atoms. The number of fused-ring (bicyclic) bond motifs is 1. The van der Waals surface area contributed by atoms with Crippen molar-refractivity contribution >= 4 is 23.5 Å². The summed E-state index contributed by atoms with van der Waals surface area (Å²) in [5.41, 5.74) is 0.681. The van der Waals surface area contributed by atoms with Gasteiger partial charge in [0.15, 0.2) is 0 Å². The molecule has 1 amide bonds.